The van der Waals surface area contributed by atoms with Crippen molar-refractivity contribution in [3.63, 3.8) is 0 Å². The molecule has 1 saturated carbocycles. The maximum absolute atomic E-state index is 2.84. The van der Waals surface area contributed by atoms with Gasteiger partial charge in [0.25, 0.3) is 6.71 Å². The second-order valence-corrected chi connectivity index (χ2v) is 33.1. The predicted octanol–water partition coefficient (Wildman–Crippen LogP) is 20.0. The SMILES string of the molecule is CC(C)(C)c1ccc(N2c3cc(N4c5ccc(C(C)(C)C)cc5C5(C)CC(C(C)(C)C)CCC45C)ccc3B3c4cc5c(cc4N(c4ccc(C(C)(C)C)cc4-c4ccccc4)c4cc(C(C)(C)C)cc2c43)C(C)(C)CCC5(C)C)cc1. The quantitative estimate of drug-likeness (QED) is 0.163. The van der Waals surface area contributed by atoms with Crippen LogP contribution in [0.1, 0.15) is 216 Å². The Hall–Kier alpha value is -6.00. The van der Waals surface area contributed by atoms with Crippen LogP contribution in [0.4, 0.5) is 45.5 Å². The molecule has 3 unspecified atom stereocenters. The smallest absolute Gasteiger partial charge is 0.252 e. The maximum Gasteiger partial charge on any atom is 0.252 e. The summed E-state index contributed by atoms with van der Waals surface area (Å²) >= 11 is 0. The van der Waals surface area contributed by atoms with Crippen molar-refractivity contribution in [3.8, 4) is 11.1 Å². The molecule has 4 heteroatoms. The summed E-state index contributed by atoms with van der Waals surface area (Å²) < 4.78 is 0. The summed E-state index contributed by atoms with van der Waals surface area (Å²) in [5.74, 6) is 0.627. The van der Waals surface area contributed by atoms with Gasteiger partial charge in [-0.1, -0.05) is 211 Å². The molecule has 3 aliphatic heterocycles. The Balaban J connectivity index is 1.19. The molecule has 7 aromatic carbocycles. The molecule has 12 rings (SSSR count). The Morgan fingerprint density at radius 2 is 0.939 bits per heavy atom. The summed E-state index contributed by atoms with van der Waals surface area (Å²) in [5, 5.41) is 0. The summed E-state index contributed by atoms with van der Waals surface area (Å²) in [6, 6.07) is 54.2. The minimum atomic E-state index is -0.160. The van der Waals surface area contributed by atoms with Crippen molar-refractivity contribution in [1.82, 2.24) is 0 Å². The first-order valence-electron chi connectivity index (χ1n) is 31.4. The summed E-state index contributed by atoms with van der Waals surface area (Å²) in [6.07, 6.45) is 5.83. The van der Waals surface area contributed by atoms with Crippen LogP contribution in [0.3, 0.4) is 0 Å². The van der Waals surface area contributed by atoms with Gasteiger partial charge in [-0.15, -0.1) is 0 Å². The molecule has 3 nitrogen and oxygen atoms in total. The summed E-state index contributed by atoms with van der Waals surface area (Å²) in [7, 11) is 0. The third kappa shape index (κ3) is 8.78. The van der Waals surface area contributed by atoms with Crippen LogP contribution in [0.15, 0.2) is 133 Å². The van der Waals surface area contributed by atoms with Gasteiger partial charge in [0, 0.05) is 50.8 Å². The maximum atomic E-state index is 2.84. The predicted molar refractivity (Wildman–Crippen MR) is 357 cm³/mol. The fraction of sp³-hybridized carbons (Fsp3) is 0.462. The van der Waals surface area contributed by atoms with E-state index in [-0.39, 0.29) is 55.6 Å². The van der Waals surface area contributed by atoms with Crippen LogP contribution in [-0.2, 0) is 37.9 Å². The monoisotopic (exact) mass is 1090 g/mol. The lowest BCUT2D eigenvalue weighted by molar-refractivity contribution is 0.0786. The van der Waals surface area contributed by atoms with Crippen LogP contribution >= 0.6 is 0 Å². The van der Waals surface area contributed by atoms with Crippen molar-refractivity contribution in [3.05, 3.63) is 172 Å². The van der Waals surface area contributed by atoms with Gasteiger partial charge in [-0.3, -0.25) is 0 Å². The molecule has 426 valence electrons. The average molecular weight is 1090 g/mol. The Labute approximate surface area is 496 Å². The molecular weight excluding hydrogens is 990 g/mol. The van der Waals surface area contributed by atoms with Crippen LogP contribution in [0.2, 0.25) is 0 Å². The Kier molecular flexibility index (Phi) is 12.6. The molecule has 3 heterocycles. The van der Waals surface area contributed by atoms with Gasteiger partial charge in [0.1, 0.15) is 0 Å². The molecule has 5 aliphatic rings. The van der Waals surface area contributed by atoms with Crippen LogP contribution in [0.25, 0.3) is 11.1 Å². The molecule has 0 spiro atoms. The molecule has 3 atom stereocenters. The van der Waals surface area contributed by atoms with E-state index in [9.17, 15) is 0 Å². The van der Waals surface area contributed by atoms with E-state index in [0.717, 1.165) is 19.3 Å². The third-order valence-corrected chi connectivity index (χ3v) is 21.6. The van der Waals surface area contributed by atoms with Crippen LogP contribution in [-0.4, -0.2) is 12.3 Å². The minimum Gasteiger partial charge on any atom is -0.334 e. The van der Waals surface area contributed by atoms with Crippen molar-refractivity contribution in [1.29, 1.82) is 0 Å². The van der Waals surface area contributed by atoms with E-state index >= 15 is 0 Å². The molecule has 2 aliphatic carbocycles. The second kappa shape index (κ2) is 18.3. The van der Waals surface area contributed by atoms with E-state index in [1.54, 1.807) is 0 Å². The molecule has 0 radical (unpaired) electrons. The first-order valence-corrected chi connectivity index (χ1v) is 31.4. The molecular formula is C78H96BN3. The highest BCUT2D eigenvalue weighted by atomic mass is 15.3. The third-order valence-electron chi connectivity index (χ3n) is 21.6. The lowest BCUT2D eigenvalue weighted by atomic mass is 9.33. The largest absolute Gasteiger partial charge is 0.334 e. The van der Waals surface area contributed by atoms with E-state index in [1.807, 2.05) is 0 Å². The minimum absolute atomic E-state index is 0.00822. The van der Waals surface area contributed by atoms with Crippen molar-refractivity contribution < 1.29 is 0 Å². The first kappa shape index (κ1) is 56.5. The van der Waals surface area contributed by atoms with Crippen LogP contribution in [0, 0.1) is 11.3 Å². The van der Waals surface area contributed by atoms with E-state index in [4.69, 9.17) is 0 Å². The van der Waals surface area contributed by atoms with Gasteiger partial charge >= 0.3 is 0 Å². The Morgan fingerprint density at radius 3 is 1.52 bits per heavy atom. The normalized spacial score (nSPS) is 21.8. The first-order chi connectivity index (χ1) is 38.0. The molecule has 0 bridgehead atoms. The summed E-state index contributed by atoms with van der Waals surface area (Å²) in [6.45, 7) is 51.1. The molecule has 0 amide bonds. The van der Waals surface area contributed by atoms with Gasteiger partial charge in [0.15, 0.2) is 0 Å². The van der Waals surface area contributed by atoms with Crippen molar-refractivity contribution in [2.24, 2.45) is 11.3 Å². The van der Waals surface area contributed by atoms with Crippen LogP contribution < -0.4 is 31.1 Å². The zero-order chi connectivity index (χ0) is 59.0. The van der Waals surface area contributed by atoms with E-state index in [2.05, 4.69) is 294 Å². The number of rotatable bonds is 4. The average Bonchev–Trinajstić information content (AvgIpc) is 3.64. The standard InChI is InChI=1S/C78H96BN3/c1-70(2,3)50-27-31-55(32-28-50)80-65-45-56(82-64-36-30-52(72(7,8)9)42-60(64)77(20)48-53(73(10,11)12)37-38-78(77,82)21)33-34-61(65)79-62-46-58-59(76(18,19)40-39-75(58,16)17)47-66(62)81(68-44-54(74(13,14)15)43-67(80)69(68)79)63-35-29-51(71(4,5)6)41-57(63)49-25-23-22-24-26-49/h22-36,41-47,53H,37-40,48H2,1-21H3. The fourth-order valence-electron chi connectivity index (χ4n) is 15.7. The number of nitrogens with zero attached hydrogens (tertiary/aromatic N) is 3. The number of hydrogen-bond donors (Lipinski definition) is 0. The van der Waals surface area contributed by atoms with Gasteiger partial charge in [-0.2, -0.15) is 0 Å². The molecule has 0 N–H and O–H groups in total. The zero-order valence-electron chi connectivity index (χ0n) is 54.2. The molecule has 7 aromatic rings. The number of benzene rings is 7. The lowest BCUT2D eigenvalue weighted by Gasteiger charge is -2.54. The van der Waals surface area contributed by atoms with Crippen molar-refractivity contribution >= 4 is 68.6 Å². The van der Waals surface area contributed by atoms with E-state index in [1.165, 1.54) is 125 Å². The highest BCUT2D eigenvalue weighted by Crippen LogP contribution is 2.64. The molecule has 82 heavy (non-hydrogen) atoms. The van der Waals surface area contributed by atoms with E-state index < -0.39 is 0 Å². The summed E-state index contributed by atoms with van der Waals surface area (Å²) in [5.41, 5.74) is 26.7. The number of fused-ring (bicyclic) bond motifs is 8. The van der Waals surface area contributed by atoms with Gasteiger partial charge in [0.2, 0.25) is 0 Å². The van der Waals surface area contributed by atoms with Gasteiger partial charge in [0.05, 0.1) is 11.2 Å². The van der Waals surface area contributed by atoms with Gasteiger partial charge < -0.3 is 14.7 Å². The number of hydrogen-bond acceptors (Lipinski definition) is 3. The Morgan fingerprint density at radius 1 is 0.415 bits per heavy atom. The fourth-order valence-corrected chi connectivity index (χ4v) is 15.7. The lowest BCUT2D eigenvalue weighted by Crippen LogP contribution is -2.62. The van der Waals surface area contributed by atoms with Gasteiger partial charge in [-0.05, 0) is 204 Å². The highest BCUT2D eigenvalue weighted by molar-refractivity contribution is 7.00. The van der Waals surface area contributed by atoms with Crippen LogP contribution in [0.5, 0.6) is 0 Å². The molecule has 1 fully saturated rings. The van der Waals surface area contributed by atoms with Gasteiger partial charge in [-0.25, -0.2) is 0 Å². The number of anilines is 8. The van der Waals surface area contributed by atoms with Crippen molar-refractivity contribution in [2.45, 2.75) is 221 Å². The second-order valence-electron chi connectivity index (χ2n) is 33.1. The summed E-state index contributed by atoms with van der Waals surface area (Å²) in [4.78, 5) is 8.27. The topological polar surface area (TPSA) is 9.72 Å². The van der Waals surface area contributed by atoms with E-state index in [0.29, 0.717) is 5.92 Å². The highest BCUT2D eigenvalue weighted by Gasteiger charge is 2.61. The van der Waals surface area contributed by atoms with Crippen molar-refractivity contribution in [2.75, 3.05) is 14.7 Å². The zero-order valence-corrected chi connectivity index (χ0v) is 54.2. The molecule has 0 saturated heterocycles. The Bertz CT molecular complexity index is 3690. The molecule has 0 aromatic heterocycles.